The van der Waals surface area contributed by atoms with Crippen LogP contribution >= 0.6 is 11.6 Å². The van der Waals surface area contributed by atoms with Gasteiger partial charge in [0.25, 0.3) is 5.91 Å². The van der Waals surface area contributed by atoms with Gasteiger partial charge in [-0.25, -0.2) is 15.0 Å². The first-order chi connectivity index (χ1) is 16.8. The summed E-state index contributed by atoms with van der Waals surface area (Å²) >= 11 is 6.06. The highest BCUT2D eigenvalue weighted by Gasteiger charge is 2.39. The standard InChI is InChI=1S/C24H19ClF6N4O/c1-13(19-11-34-20(25)10-18(19)21-32-5-2-6-33-21)35(12-14-3-4-14)22(36)15-7-16(23(26,27)28)9-17(8-15)24(29,30)31/h2,5-11,13-14H,3-4,12H2,1H3. The molecule has 2 aromatic heterocycles. The number of rotatable bonds is 6. The first-order valence-corrected chi connectivity index (χ1v) is 11.3. The molecule has 0 N–H and O–H groups in total. The van der Waals surface area contributed by atoms with Gasteiger partial charge in [-0.05, 0) is 56.0 Å². The Hall–Kier alpha value is -3.21. The molecule has 1 aliphatic rings. The molecule has 4 rings (SSSR count). The largest absolute Gasteiger partial charge is 0.416 e. The van der Waals surface area contributed by atoms with Crippen molar-refractivity contribution in [1.29, 1.82) is 0 Å². The van der Waals surface area contributed by atoms with Crippen LogP contribution in [-0.2, 0) is 12.4 Å². The van der Waals surface area contributed by atoms with Crippen LogP contribution < -0.4 is 0 Å². The van der Waals surface area contributed by atoms with Gasteiger partial charge in [0.2, 0.25) is 0 Å². The van der Waals surface area contributed by atoms with E-state index in [9.17, 15) is 31.1 Å². The van der Waals surface area contributed by atoms with Crippen molar-refractivity contribution < 1.29 is 31.1 Å². The quantitative estimate of drug-likeness (QED) is 0.259. The van der Waals surface area contributed by atoms with Crippen LogP contribution in [0.15, 0.2) is 48.9 Å². The number of pyridine rings is 1. The maximum Gasteiger partial charge on any atom is 0.416 e. The van der Waals surface area contributed by atoms with Crippen LogP contribution in [0, 0.1) is 5.92 Å². The molecule has 190 valence electrons. The van der Waals surface area contributed by atoms with Crippen molar-refractivity contribution >= 4 is 17.5 Å². The first kappa shape index (κ1) is 25.9. The van der Waals surface area contributed by atoms with Crippen LogP contribution in [0.25, 0.3) is 11.4 Å². The van der Waals surface area contributed by atoms with Gasteiger partial charge >= 0.3 is 12.4 Å². The zero-order valence-electron chi connectivity index (χ0n) is 18.7. The van der Waals surface area contributed by atoms with Crippen molar-refractivity contribution in [2.75, 3.05) is 6.54 Å². The van der Waals surface area contributed by atoms with Crippen LogP contribution in [0.3, 0.4) is 0 Å². The smallest absolute Gasteiger partial charge is 0.332 e. The van der Waals surface area contributed by atoms with Gasteiger partial charge in [-0.2, -0.15) is 26.3 Å². The Labute approximate surface area is 207 Å². The van der Waals surface area contributed by atoms with E-state index < -0.39 is 41.0 Å². The fraction of sp³-hybridized carbons (Fsp3) is 0.333. The van der Waals surface area contributed by atoms with E-state index in [1.807, 2.05) is 0 Å². The van der Waals surface area contributed by atoms with E-state index in [2.05, 4.69) is 15.0 Å². The lowest BCUT2D eigenvalue weighted by atomic mass is 9.99. The highest BCUT2D eigenvalue weighted by atomic mass is 35.5. The number of halogens is 7. The van der Waals surface area contributed by atoms with Crippen LogP contribution in [0.2, 0.25) is 5.15 Å². The predicted octanol–water partition coefficient (Wildman–Crippen LogP) is 6.84. The fourth-order valence-electron chi connectivity index (χ4n) is 3.81. The highest BCUT2D eigenvalue weighted by Crippen LogP contribution is 2.39. The molecule has 1 amide bonds. The Balaban J connectivity index is 1.79. The molecule has 1 saturated carbocycles. The molecule has 0 aliphatic heterocycles. The maximum absolute atomic E-state index is 13.5. The molecule has 1 unspecified atom stereocenters. The Kier molecular flexibility index (Phi) is 6.96. The van der Waals surface area contributed by atoms with E-state index in [0.717, 1.165) is 12.8 Å². The second-order valence-corrected chi connectivity index (χ2v) is 8.93. The van der Waals surface area contributed by atoms with E-state index in [1.165, 1.54) is 29.6 Å². The van der Waals surface area contributed by atoms with Gasteiger partial charge in [-0.15, -0.1) is 0 Å². The van der Waals surface area contributed by atoms with Gasteiger partial charge in [0.15, 0.2) is 5.82 Å². The van der Waals surface area contributed by atoms with Gasteiger partial charge in [0.05, 0.1) is 17.2 Å². The number of nitrogens with zero attached hydrogens (tertiary/aromatic N) is 4. The topological polar surface area (TPSA) is 59.0 Å². The number of hydrogen-bond donors (Lipinski definition) is 0. The van der Waals surface area contributed by atoms with Gasteiger partial charge < -0.3 is 4.90 Å². The van der Waals surface area contributed by atoms with E-state index >= 15 is 0 Å². The summed E-state index contributed by atoms with van der Waals surface area (Å²) in [5, 5.41) is 0.126. The summed E-state index contributed by atoms with van der Waals surface area (Å²) < 4.78 is 80.4. The number of hydrogen-bond acceptors (Lipinski definition) is 4. The lowest BCUT2D eigenvalue weighted by Crippen LogP contribution is -2.36. The molecule has 0 saturated heterocycles. The normalized spacial score (nSPS) is 15.0. The monoisotopic (exact) mass is 528 g/mol. The molecule has 5 nitrogen and oxygen atoms in total. The van der Waals surface area contributed by atoms with Crippen molar-refractivity contribution in [3.05, 3.63) is 76.3 Å². The van der Waals surface area contributed by atoms with Crippen molar-refractivity contribution in [2.24, 2.45) is 5.92 Å². The van der Waals surface area contributed by atoms with Gasteiger partial charge in [0.1, 0.15) is 5.15 Å². The van der Waals surface area contributed by atoms with E-state index in [-0.39, 0.29) is 29.5 Å². The summed E-state index contributed by atoms with van der Waals surface area (Å²) in [7, 11) is 0. The Bertz CT molecular complexity index is 1230. The third-order valence-electron chi connectivity index (χ3n) is 5.87. The van der Waals surface area contributed by atoms with Crippen molar-refractivity contribution in [2.45, 2.75) is 38.2 Å². The summed E-state index contributed by atoms with van der Waals surface area (Å²) in [5.74, 6) is -0.595. The second-order valence-electron chi connectivity index (χ2n) is 8.54. The van der Waals surface area contributed by atoms with Crippen molar-refractivity contribution in [1.82, 2.24) is 19.9 Å². The van der Waals surface area contributed by atoms with Gasteiger partial charge in [-0.1, -0.05) is 11.6 Å². The van der Waals surface area contributed by atoms with Gasteiger partial charge in [0, 0.05) is 41.8 Å². The molecule has 1 aliphatic carbocycles. The third-order valence-corrected chi connectivity index (χ3v) is 6.08. The number of carbonyl (C=O) groups excluding carboxylic acids is 1. The summed E-state index contributed by atoms with van der Waals surface area (Å²) in [5.41, 5.74) is -2.92. The summed E-state index contributed by atoms with van der Waals surface area (Å²) in [4.78, 5) is 27.2. The van der Waals surface area contributed by atoms with E-state index in [4.69, 9.17) is 11.6 Å². The molecule has 0 radical (unpaired) electrons. The van der Waals surface area contributed by atoms with Crippen molar-refractivity contribution in [3.63, 3.8) is 0 Å². The average Bonchev–Trinajstić information content (AvgIpc) is 3.65. The molecule has 0 spiro atoms. The van der Waals surface area contributed by atoms with Crippen LogP contribution in [0.1, 0.15) is 52.9 Å². The molecule has 2 heterocycles. The average molecular weight is 529 g/mol. The van der Waals surface area contributed by atoms with E-state index in [1.54, 1.807) is 13.0 Å². The van der Waals surface area contributed by atoms with Crippen LogP contribution in [0.5, 0.6) is 0 Å². The summed E-state index contributed by atoms with van der Waals surface area (Å²) in [6.07, 6.45) is -4.15. The zero-order chi connectivity index (χ0) is 26.3. The fourth-order valence-corrected chi connectivity index (χ4v) is 3.97. The third kappa shape index (κ3) is 5.77. The van der Waals surface area contributed by atoms with Gasteiger partial charge in [-0.3, -0.25) is 4.79 Å². The molecule has 1 atom stereocenters. The first-order valence-electron chi connectivity index (χ1n) is 10.9. The Morgan fingerprint density at radius 3 is 2.11 bits per heavy atom. The lowest BCUT2D eigenvalue weighted by molar-refractivity contribution is -0.143. The summed E-state index contributed by atoms with van der Waals surface area (Å²) in [6.45, 7) is 1.77. The Morgan fingerprint density at radius 1 is 1.00 bits per heavy atom. The van der Waals surface area contributed by atoms with Crippen LogP contribution in [-0.4, -0.2) is 32.3 Å². The highest BCUT2D eigenvalue weighted by molar-refractivity contribution is 6.29. The maximum atomic E-state index is 13.5. The predicted molar refractivity (Wildman–Crippen MR) is 119 cm³/mol. The number of benzene rings is 1. The number of alkyl halides is 6. The molecule has 1 aromatic carbocycles. The lowest BCUT2D eigenvalue weighted by Gasteiger charge is -2.31. The molecule has 36 heavy (non-hydrogen) atoms. The second kappa shape index (κ2) is 9.68. The minimum Gasteiger partial charge on any atom is -0.332 e. The molecule has 0 bridgehead atoms. The SMILES string of the molecule is CC(c1cnc(Cl)cc1-c1ncccn1)N(CC1CC1)C(=O)c1cc(C(F)(F)F)cc(C(F)(F)F)c1. The van der Waals surface area contributed by atoms with E-state index in [0.29, 0.717) is 23.3 Å². The number of amides is 1. The molecular weight excluding hydrogens is 510 g/mol. The molecule has 1 fully saturated rings. The summed E-state index contributed by atoms with van der Waals surface area (Å²) in [6, 6.07) is 3.21. The minimum atomic E-state index is -5.07. The molecule has 12 heteroatoms. The molecule has 3 aromatic rings. The number of aromatic nitrogens is 3. The minimum absolute atomic E-state index is 0.000595. The number of carbonyl (C=O) groups is 1. The molecular formula is C24H19ClF6N4O. The zero-order valence-corrected chi connectivity index (χ0v) is 19.5. The van der Waals surface area contributed by atoms with Crippen molar-refractivity contribution in [3.8, 4) is 11.4 Å². The van der Waals surface area contributed by atoms with Crippen LogP contribution in [0.4, 0.5) is 26.3 Å². The Morgan fingerprint density at radius 2 is 1.58 bits per heavy atom.